The third kappa shape index (κ3) is 5.10. The molecule has 0 aliphatic rings. The molecule has 1 aromatic carbocycles. The van der Waals surface area contributed by atoms with Crippen molar-refractivity contribution in [1.82, 2.24) is 5.32 Å². The summed E-state index contributed by atoms with van der Waals surface area (Å²) >= 11 is 1.80. The number of nitrogens with one attached hydrogen (secondary N) is 1. The van der Waals surface area contributed by atoms with Gasteiger partial charge in [-0.2, -0.15) is 11.8 Å². The summed E-state index contributed by atoms with van der Waals surface area (Å²) in [6.07, 6.45) is 3.93. The third-order valence-electron chi connectivity index (χ3n) is 2.78. The zero-order valence-electron chi connectivity index (χ0n) is 11.1. The molecule has 0 spiro atoms. The molecule has 0 fully saturated rings. The number of rotatable bonds is 7. The zero-order valence-corrected chi connectivity index (χ0v) is 11.9. The van der Waals surface area contributed by atoms with Crippen molar-refractivity contribution in [1.29, 1.82) is 0 Å². The van der Waals surface area contributed by atoms with E-state index in [-0.39, 0.29) is 11.9 Å². The van der Waals surface area contributed by atoms with E-state index in [2.05, 4.69) is 11.6 Å². The lowest BCUT2D eigenvalue weighted by atomic mass is 10.1. The molecule has 4 heteroatoms. The van der Waals surface area contributed by atoms with Gasteiger partial charge in [0, 0.05) is 11.6 Å². The van der Waals surface area contributed by atoms with Crippen molar-refractivity contribution in [2.24, 2.45) is 5.73 Å². The fourth-order valence-electron chi connectivity index (χ4n) is 1.66. The van der Waals surface area contributed by atoms with Crippen LogP contribution in [0.5, 0.6) is 0 Å². The molecule has 1 atom stereocenters. The van der Waals surface area contributed by atoms with Gasteiger partial charge in [-0.05, 0) is 56.0 Å². The van der Waals surface area contributed by atoms with Crippen LogP contribution in [0.1, 0.15) is 29.3 Å². The molecule has 0 saturated carbocycles. The molecule has 18 heavy (non-hydrogen) atoms. The fraction of sp³-hybridized carbons (Fsp3) is 0.500. The van der Waals surface area contributed by atoms with Gasteiger partial charge in [-0.15, -0.1) is 0 Å². The molecule has 1 aromatic rings. The Labute approximate surface area is 114 Å². The smallest absolute Gasteiger partial charge is 0.251 e. The summed E-state index contributed by atoms with van der Waals surface area (Å²) in [6.45, 7) is 2.67. The first-order valence-electron chi connectivity index (χ1n) is 6.26. The predicted octanol–water partition coefficient (Wildman–Crippen LogP) is 2.06. The van der Waals surface area contributed by atoms with E-state index < -0.39 is 0 Å². The van der Waals surface area contributed by atoms with Crippen molar-refractivity contribution in [2.75, 3.05) is 18.6 Å². The van der Waals surface area contributed by atoms with Crippen molar-refractivity contribution in [3.8, 4) is 0 Å². The van der Waals surface area contributed by atoms with Crippen molar-refractivity contribution >= 4 is 17.7 Å². The van der Waals surface area contributed by atoms with Crippen LogP contribution in [0.3, 0.4) is 0 Å². The number of carbonyl (C=O) groups excluding carboxylic acids is 1. The number of nitrogens with two attached hydrogens (primary N) is 1. The van der Waals surface area contributed by atoms with Crippen molar-refractivity contribution in [3.63, 3.8) is 0 Å². The van der Waals surface area contributed by atoms with Crippen LogP contribution >= 0.6 is 11.8 Å². The van der Waals surface area contributed by atoms with Crippen molar-refractivity contribution < 1.29 is 4.79 Å². The Morgan fingerprint density at radius 1 is 1.39 bits per heavy atom. The molecule has 3 N–H and O–H groups in total. The lowest BCUT2D eigenvalue weighted by Gasteiger charge is -2.13. The monoisotopic (exact) mass is 266 g/mol. The summed E-state index contributed by atoms with van der Waals surface area (Å²) in [5.74, 6) is 1.07. The minimum atomic E-state index is 0.00269. The maximum atomic E-state index is 11.9. The summed E-state index contributed by atoms with van der Waals surface area (Å²) in [7, 11) is 0. The zero-order chi connectivity index (χ0) is 13.4. The summed E-state index contributed by atoms with van der Waals surface area (Å²) in [5, 5.41) is 3.01. The van der Waals surface area contributed by atoms with E-state index in [9.17, 15) is 4.79 Å². The quantitative estimate of drug-likeness (QED) is 0.794. The van der Waals surface area contributed by atoms with Crippen LogP contribution in [0, 0.1) is 0 Å². The number of thioether (sulfide) groups is 1. The Balaban J connectivity index is 2.50. The Bertz CT molecular complexity index is 365. The van der Waals surface area contributed by atoms with Gasteiger partial charge >= 0.3 is 0 Å². The van der Waals surface area contributed by atoms with Crippen LogP contribution < -0.4 is 11.1 Å². The Kier molecular flexibility index (Phi) is 6.83. The Hall–Kier alpha value is -1.00. The SMILES string of the molecule is CSCCC(C)NC(=O)c1ccc(CCN)cc1. The maximum Gasteiger partial charge on any atom is 0.251 e. The topological polar surface area (TPSA) is 55.1 Å². The summed E-state index contributed by atoms with van der Waals surface area (Å²) in [5.41, 5.74) is 7.37. The molecule has 0 radical (unpaired) electrons. The van der Waals surface area contributed by atoms with Gasteiger partial charge in [0.15, 0.2) is 0 Å². The molecule has 0 saturated heterocycles. The minimum absolute atomic E-state index is 0.00269. The first kappa shape index (κ1) is 15.1. The maximum absolute atomic E-state index is 11.9. The second-order valence-electron chi connectivity index (χ2n) is 4.39. The highest BCUT2D eigenvalue weighted by atomic mass is 32.2. The molecule has 0 aliphatic heterocycles. The molecule has 3 nitrogen and oxygen atoms in total. The lowest BCUT2D eigenvalue weighted by molar-refractivity contribution is 0.0939. The van der Waals surface area contributed by atoms with E-state index in [1.807, 2.05) is 31.2 Å². The van der Waals surface area contributed by atoms with Crippen LogP contribution in [0.25, 0.3) is 0 Å². The van der Waals surface area contributed by atoms with Gasteiger partial charge in [-0.3, -0.25) is 4.79 Å². The lowest BCUT2D eigenvalue weighted by Crippen LogP contribution is -2.32. The normalized spacial score (nSPS) is 12.2. The average Bonchev–Trinajstić information content (AvgIpc) is 2.37. The fourth-order valence-corrected chi connectivity index (χ4v) is 2.25. The van der Waals surface area contributed by atoms with E-state index in [4.69, 9.17) is 5.73 Å². The van der Waals surface area contributed by atoms with E-state index in [0.717, 1.165) is 18.6 Å². The van der Waals surface area contributed by atoms with E-state index in [1.165, 1.54) is 5.56 Å². The Morgan fingerprint density at radius 2 is 2.06 bits per heavy atom. The molecule has 0 heterocycles. The minimum Gasteiger partial charge on any atom is -0.350 e. The van der Waals surface area contributed by atoms with Gasteiger partial charge in [-0.1, -0.05) is 12.1 Å². The molecule has 0 aliphatic carbocycles. The molecule has 0 aromatic heterocycles. The summed E-state index contributed by atoms with van der Waals surface area (Å²) in [6, 6.07) is 7.87. The molecular formula is C14H22N2OS. The van der Waals surface area contributed by atoms with Crippen LogP contribution in [0.4, 0.5) is 0 Å². The third-order valence-corrected chi connectivity index (χ3v) is 3.43. The van der Waals surface area contributed by atoms with Gasteiger partial charge in [0.05, 0.1) is 0 Å². The van der Waals surface area contributed by atoms with Gasteiger partial charge in [-0.25, -0.2) is 0 Å². The number of hydrogen-bond donors (Lipinski definition) is 2. The van der Waals surface area contributed by atoms with Gasteiger partial charge < -0.3 is 11.1 Å². The number of benzene rings is 1. The second-order valence-corrected chi connectivity index (χ2v) is 5.38. The van der Waals surface area contributed by atoms with Crippen LogP contribution in [-0.4, -0.2) is 30.5 Å². The summed E-state index contributed by atoms with van der Waals surface area (Å²) < 4.78 is 0. The number of amides is 1. The second kappa shape index (κ2) is 8.16. The first-order valence-corrected chi connectivity index (χ1v) is 7.65. The largest absolute Gasteiger partial charge is 0.350 e. The molecule has 1 amide bonds. The molecule has 1 unspecified atom stereocenters. The van der Waals surface area contributed by atoms with Gasteiger partial charge in [0.25, 0.3) is 5.91 Å². The molecule has 100 valence electrons. The van der Waals surface area contributed by atoms with Crippen molar-refractivity contribution in [2.45, 2.75) is 25.8 Å². The molecule has 1 rings (SSSR count). The standard InChI is InChI=1S/C14H22N2OS/c1-11(8-10-18-2)16-14(17)13-5-3-12(4-6-13)7-9-15/h3-6,11H,7-10,15H2,1-2H3,(H,16,17). The highest BCUT2D eigenvalue weighted by Crippen LogP contribution is 2.06. The Morgan fingerprint density at radius 3 is 2.61 bits per heavy atom. The van der Waals surface area contributed by atoms with Gasteiger partial charge in [0.1, 0.15) is 0 Å². The van der Waals surface area contributed by atoms with E-state index in [1.54, 1.807) is 11.8 Å². The van der Waals surface area contributed by atoms with Crippen LogP contribution in [0.2, 0.25) is 0 Å². The number of carbonyl (C=O) groups is 1. The van der Waals surface area contributed by atoms with Gasteiger partial charge in [0.2, 0.25) is 0 Å². The van der Waals surface area contributed by atoms with E-state index in [0.29, 0.717) is 12.1 Å². The van der Waals surface area contributed by atoms with Crippen molar-refractivity contribution in [3.05, 3.63) is 35.4 Å². The van der Waals surface area contributed by atoms with Crippen LogP contribution in [-0.2, 0) is 6.42 Å². The highest BCUT2D eigenvalue weighted by molar-refractivity contribution is 7.98. The molecular weight excluding hydrogens is 244 g/mol. The average molecular weight is 266 g/mol. The summed E-state index contributed by atoms with van der Waals surface area (Å²) in [4.78, 5) is 11.9. The predicted molar refractivity (Wildman–Crippen MR) is 79.1 cm³/mol. The van der Waals surface area contributed by atoms with Crippen LogP contribution in [0.15, 0.2) is 24.3 Å². The number of hydrogen-bond acceptors (Lipinski definition) is 3. The first-order chi connectivity index (χ1) is 8.67. The molecule has 0 bridgehead atoms. The van der Waals surface area contributed by atoms with E-state index >= 15 is 0 Å². The highest BCUT2D eigenvalue weighted by Gasteiger charge is 2.09.